The fourth-order valence-electron chi connectivity index (χ4n) is 6.35. The zero-order valence-electron chi connectivity index (χ0n) is 32.9. The summed E-state index contributed by atoms with van der Waals surface area (Å²) in [5.74, 6) is -4.08. The first-order chi connectivity index (χ1) is 25.8. The topological polar surface area (TPSA) is 285 Å². The molecule has 1 saturated heterocycles. The van der Waals surface area contributed by atoms with Gasteiger partial charge >= 0.3 is 5.97 Å². The summed E-state index contributed by atoms with van der Waals surface area (Å²) in [4.78, 5) is 85.8. The normalized spacial score (nSPS) is 16.3. The number of carbonyl (C=O) groups is 6. The van der Waals surface area contributed by atoms with Crippen LogP contribution in [0.1, 0.15) is 98.0 Å². The third kappa shape index (κ3) is 16.1. The van der Waals surface area contributed by atoms with E-state index in [2.05, 4.69) is 26.3 Å². The Hall–Kier alpha value is -4.93. The predicted octanol–water partition coefficient (Wildman–Crippen LogP) is 0.614. The van der Waals surface area contributed by atoms with E-state index in [-0.39, 0.29) is 62.3 Å². The van der Waals surface area contributed by atoms with Crippen LogP contribution in [-0.2, 0) is 35.2 Å². The molecule has 0 aliphatic carbocycles. The van der Waals surface area contributed by atoms with E-state index in [1.807, 2.05) is 13.8 Å². The van der Waals surface area contributed by atoms with Crippen LogP contribution >= 0.6 is 0 Å². The SMILES string of the molecule is CC(C)C[C@H](NC(=O)[C@@H](NC(=O)[C@H](Cc1ccc(O)cc1)NC(=O)[C@@H]1CCCN1C(=O)[C@H](CCCN=C(N)N)NC(=O)CCCCCN)C(C)(C)C)C(=O)O. The Morgan fingerprint density at radius 2 is 1.56 bits per heavy atom. The van der Waals surface area contributed by atoms with E-state index in [1.54, 1.807) is 32.9 Å². The molecule has 0 spiro atoms. The Balaban J connectivity index is 2.35. The molecule has 1 aromatic carbocycles. The number of aromatic hydroxyl groups is 1. The van der Waals surface area contributed by atoms with E-state index in [0.717, 1.165) is 12.8 Å². The lowest BCUT2D eigenvalue weighted by atomic mass is 9.85. The molecule has 5 amide bonds. The van der Waals surface area contributed by atoms with Gasteiger partial charge < -0.3 is 53.6 Å². The van der Waals surface area contributed by atoms with Crippen molar-refractivity contribution < 1.29 is 39.0 Å². The smallest absolute Gasteiger partial charge is 0.326 e. The number of nitrogens with one attached hydrogen (secondary N) is 4. The number of phenolic OH excluding ortho intramolecular Hbond substituents is 1. The van der Waals surface area contributed by atoms with E-state index in [4.69, 9.17) is 17.2 Å². The summed E-state index contributed by atoms with van der Waals surface area (Å²) in [7, 11) is 0. The van der Waals surface area contributed by atoms with Crippen LogP contribution in [0, 0.1) is 11.3 Å². The zero-order chi connectivity index (χ0) is 41.3. The molecule has 308 valence electrons. The number of guanidine groups is 1. The van der Waals surface area contributed by atoms with Crippen LogP contribution in [0.2, 0.25) is 0 Å². The molecule has 1 heterocycles. The molecule has 1 aliphatic rings. The number of carbonyl (C=O) groups excluding carboxylic acids is 5. The molecule has 0 saturated carbocycles. The molecule has 2 rings (SSSR count). The van der Waals surface area contributed by atoms with Crippen LogP contribution in [0.5, 0.6) is 5.75 Å². The first kappa shape index (κ1) is 46.2. The van der Waals surface area contributed by atoms with Crippen molar-refractivity contribution in [2.75, 3.05) is 19.6 Å². The summed E-state index contributed by atoms with van der Waals surface area (Å²) < 4.78 is 0. The Morgan fingerprint density at radius 1 is 0.891 bits per heavy atom. The van der Waals surface area contributed by atoms with Crippen molar-refractivity contribution in [1.29, 1.82) is 0 Å². The zero-order valence-corrected chi connectivity index (χ0v) is 32.9. The second-order valence-corrected chi connectivity index (χ2v) is 15.6. The van der Waals surface area contributed by atoms with Crippen molar-refractivity contribution in [3.05, 3.63) is 29.8 Å². The molecule has 0 aromatic heterocycles. The molecule has 1 aliphatic heterocycles. The predicted molar refractivity (Wildman–Crippen MR) is 208 cm³/mol. The van der Waals surface area contributed by atoms with Crippen LogP contribution < -0.4 is 38.5 Å². The van der Waals surface area contributed by atoms with E-state index < -0.39 is 65.2 Å². The largest absolute Gasteiger partial charge is 0.508 e. The van der Waals surface area contributed by atoms with Gasteiger partial charge in [0.15, 0.2) is 5.96 Å². The van der Waals surface area contributed by atoms with Crippen molar-refractivity contribution in [2.24, 2.45) is 33.5 Å². The highest BCUT2D eigenvalue weighted by Gasteiger charge is 2.40. The Morgan fingerprint density at radius 3 is 2.15 bits per heavy atom. The molecule has 0 radical (unpaired) electrons. The quantitative estimate of drug-likeness (QED) is 0.0447. The van der Waals surface area contributed by atoms with Gasteiger partial charge in [0.05, 0.1) is 0 Å². The second kappa shape index (κ2) is 22.4. The van der Waals surface area contributed by atoms with Crippen LogP contribution in [-0.4, -0.2) is 106 Å². The molecule has 5 atom stereocenters. The van der Waals surface area contributed by atoms with Crippen molar-refractivity contribution in [3.8, 4) is 5.75 Å². The number of likely N-dealkylation sites (tertiary alicyclic amines) is 1. The monoisotopic (exact) mass is 773 g/mol. The number of nitrogens with zero attached hydrogens (tertiary/aromatic N) is 2. The van der Waals surface area contributed by atoms with Gasteiger partial charge in [-0.1, -0.05) is 53.2 Å². The molecule has 17 heteroatoms. The number of carboxylic acid groups (broad SMARTS) is 1. The van der Waals surface area contributed by atoms with Crippen molar-refractivity contribution >= 4 is 41.5 Å². The lowest BCUT2D eigenvalue weighted by molar-refractivity contribution is -0.143. The molecule has 55 heavy (non-hydrogen) atoms. The number of rotatable bonds is 22. The standard InChI is InChI=1S/C38H63N9O8/c1-23(2)21-28(36(54)55)45-34(52)31(38(3,4)5)46-32(50)27(22-24-14-16-25(48)17-15-24)44-33(51)29-12-10-20-47(29)35(53)26(11-9-19-42-37(40)41)43-30(49)13-7-6-8-18-39/h14-17,23,26-29,31,48H,6-13,18-22,39H2,1-5H3,(H,43,49)(H,44,51)(H,45,52)(H,46,50)(H,54,55)(H4,40,41,42)/t26-,27-,28-,29-,31+/m0/s1. The van der Waals surface area contributed by atoms with Crippen LogP contribution in [0.25, 0.3) is 0 Å². The number of aliphatic imine (C=N–C) groups is 1. The summed E-state index contributed by atoms with van der Waals surface area (Å²) in [5, 5.41) is 30.5. The molecule has 0 bridgehead atoms. The average Bonchev–Trinajstić information content (AvgIpc) is 3.60. The molecule has 1 aromatic rings. The van der Waals surface area contributed by atoms with Gasteiger partial charge in [0, 0.05) is 25.9 Å². The molecule has 12 N–H and O–H groups in total. The van der Waals surface area contributed by atoms with Gasteiger partial charge in [-0.15, -0.1) is 0 Å². The highest BCUT2D eigenvalue weighted by atomic mass is 16.4. The molecule has 0 unspecified atom stereocenters. The van der Waals surface area contributed by atoms with Gasteiger partial charge in [0.25, 0.3) is 0 Å². The number of carboxylic acids is 1. The molecule has 1 fully saturated rings. The molecular weight excluding hydrogens is 710 g/mol. The number of amides is 5. The van der Waals surface area contributed by atoms with E-state index in [0.29, 0.717) is 37.8 Å². The van der Waals surface area contributed by atoms with Crippen LogP contribution in [0.15, 0.2) is 29.3 Å². The first-order valence-corrected chi connectivity index (χ1v) is 19.1. The van der Waals surface area contributed by atoms with Gasteiger partial charge in [-0.3, -0.25) is 29.0 Å². The average molecular weight is 774 g/mol. The van der Waals surface area contributed by atoms with Crippen molar-refractivity contribution in [3.63, 3.8) is 0 Å². The maximum atomic E-state index is 14.1. The minimum Gasteiger partial charge on any atom is -0.508 e. The third-order valence-corrected chi connectivity index (χ3v) is 9.27. The summed E-state index contributed by atoms with van der Waals surface area (Å²) in [6, 6.07) is 0.564. The number of nitrogens with two attached hydrogens (primary N) is 3. The number of hydrogen-bond acceptors (Lipinski definition) is 9. The summed E-state index contributed by atoms with van der Waals surface area (Å²) in [6.45, 7) is 9.82. The molecular formula is C38H63N9O8. The number of aliphatic carboxylic acids is 1. The number of phenols is 1. The van der Waals surface area contributed by atoms with E-state index in [9.17, 15) is 39.0 Å². The summed E-state index contributed by atoms with van der Waals surface area (Å²) >= 11 is 0. The lowest BCUT2D eigenvalue weighted by Crippen LogP contribution is -2.61. The minimum atomic E-state index is -1.23. The lowest BCUT2D eigenvalue weighted by Gasteiger charge is -2.33. The Kier molecular flexibility index (Phi) is 18.9. The highest BCUT2D eigenvalue weighted by Crippen LogP contribution is 2.23. The summed E-state index contributed by atoms with van der Waals surface area (Å²) in [6.07, 6.45) is 3.91. The van der Waals surface area contributed by atoms with Crippen LogP contribution in [0.4, 0.5) is 0 Å². The van der Waals surface area contributed by atoms with E-state index >= 15 is 0 Å². The van der Waals surface area contributed by atoms with Gasteiger partial charge in [-0.2, -0.15) is 0 Å². The Bertz CT molecular complexity index is 1470. The number of benzene rings is 1. The maximum absolute atomic E-state index is 14.1. The number of unbranched alkanes of at least 4 members (excludes halogenated alkanes) is 2. The fraction of sp³-hybridized carbons (Fsp3) is 0.658. The highest BCUT2D eigenvalue weighted by molar-refractivity contribution is 5.96. The second-order valence-electron chi connectivity index (χ2n) is 15.6. The van der Waals surface area contributed by atoms with Crippen molar-refractivity contribution in [1.82, 2.24) is 26.2 Å². The van der Waals surface area contributed by atoms with E-state index in [1.165, 1.54) is 17.0 Å². The van der Waals surface area contributed by atoms with Crippen LogP contribution in [0.3, 0.4) is 0 Å². The minimum absolute atomic E-state index is 0.00301. The van der Waals surface area contributed by atoms with Gasteiger partial charge in [0.2, 0.25) is 29.5 Å². The maximum Gasteiger partial charge on any atom is 0.326 e. The van der Waals surface area contributed by atoms with Gasteiger partial charge in [-0.25, -0.2) is 4.79 Å². The van der Waals surface area contributed by atoms with Gasteiger partial charge in [-0.05, 0) is 80.5 Å². The van der Waals surface area contributed by atoms with Gasteiger partial charge in [0.1, 0.15) is 36.0 Å². The Labute approximate surface area is 324 Å². The number of hydrogen-bond donors (Lipinski definition) is 9. The summed E-state index contributed by atoms with van der Waals surface area (Å²) in [5.41, 5.74) is 16.2. The molecule has 17 nitrogen and oxygen atoms in total. The third-order valence-electron chi connectivity index (χ3n) is 9.27. The fourth-order valence-corrected chi connectivity index (χ4v) is 6.35. The van der Waals surface area contributed by atoms with Crippen molar-refractivity contribution in [2.45, 2.75) is 129 Å². The first-order valence-electron chi connectivity index (χ1n) is 19.1.